The van der Waals surface area contributed by atoms with Gasteiger partial charge in [-0.3, -0.25) is 4.79 Å². The van der Waals surface area contributed by atoms with Gasteiger partial charge in [-0.15, -0.1) is 6.58 Å². The number of ether oxygens (including phenoxy) is 1. The Kier molecular flexibility index (Phi) is 5.20. The molecule has 17 heavy (non-hydrogen) atoms. The van der Waals surface area contributed by atoms with Crippen molar-refractivity contribution in [3.8, 4) is 5.75 Å². The fourth-order valence-electron chi connectivity index (χ4n) is 1.38. The number of methoxy groups -OCH3 is 1. The van der Waals surface area contributed by atoms with E-state index < -0.39 is 5.82 Å². The van der Waals surface area contributed by atoms with Crippen molar-refractivity contribution < 1.29 is 13.9 Å². The van der Waals surface area contributed by atoms with Crippen molar-refractivity contribution in [2.24, 2.45) is 0 Å². The van der Waals surface area contributed by atoms with Crippen molar-refractivity contribution in [2.45, 2.75) is 12.8 Å². The SMILES string of the molecule is C=CCCNC(=O)Cc1ccc(OC)c(F)c1. The van der Waals surface area contributed by atoms with Crippen LogP contribution in [0.15, 0.2) is 30.9 Å². The fourth-order valence-corrected chi connectivity index (χ4v) is 1.38. The zero-order chi connectivity index (χ0) is 12.7. The fraction of sp³-hybridized carbons (Fsp3) is 0.308. The Morgan fingerprint density at radius 3 is 2.94 bits per heavy atom. The molecule has 0 atom stereocenters. The topological polar surface area (TPSA) is 38.3 Å². The standard InChI is InChI=1S/C13H16FNO2/c1-3-4-7-15-13(16)9-10-5-6-12(17-2)11(14)8-10/h3,5-6,8H,1,4,7,9H2,2H3,(H,15,16). The summed E-state index contributed by atoms with van der Waals surface area (Å²) in [5.74, 6) is -0.402. The summed E-state index contributed by atoms with van der Waals surface area (Å²) in [7, 11) is 1.40. The first-order chi connectivity index (χ1) is 8.17. The zero-order valence-electron chi connectivity index (χ0n) is 9.83. The van der Waals surface area contributed by atoms with Crippen LogP contribution in [0.3, 0.4) is 0 Å². The molecule has 1 aromatic rings. The van der Waals surface area contributed by atoms with Crippen LogP contribution in [0.5, 0.6) is 5.75 Å². The molecule has 0 heterocycles. The number of amides is 1. The molecule has 0 fully saturated rings. The van der Waals surface area contributed by atoms with Gasteiger partial charge < -0.3 is 10.1 Å². The first kappa shape index (κ1) is 13.2. The predicted octanol–water partition coefficient (Wildman–Crippen LogP) is 2.07. The molecule has 4 heteroatoms. The molecule has 0 radical (unpaired) electrons. The van der Waals surface area contributed by atoms with Gasteiger partial charge in [0.2, 0.25) is 5.91 Å². The highest BCUT2D eigenvalue weighted by Crippen LogP contribution is 2.17. The van der Waals surface area contributed by atoms with Gasteiger partial charge in [-0.1, -0.05) is 12.1 Å². The van der Waals surface area contributed by atoms with E-state index in [2.05, 4.69) is 11.9 Å². The van der Waals surface area contributed by atoms with Crippen LogP contribution in [0.2, 0.25) is 0 Å². The van der Waals surface area contributed by atoms with Crippen LogP contribution in [-0.4, -0.2) is 19.6 Å². The van der Waals surface area contributed by atoms with Gasteiger partial charge in [0.1, 0.15) is 0 Å². The van der Waals surface area contributed by atoms with E-state index in [1.54, 1.807) is 12.1 Å². The summed E-state index contributed by atoms with van der Waals surface area (Å²) < 4.78 is 18.1. The van der Waals surface area contributed by atoms with Crippen LogP contribution in [0.25, 0.3) is 0 Å². The number of benzene rings is 1. The van der Waals surface area contributed by atoms with Gasteiger partial charge in [-0.25, -0.2) is 4.39 Å². The number of rotatable bonds is 6. The maximum atomic E-state index is 13.3. The summed E-state index contributed by atoms with van der Waals surface area (Å²) in [6.07, 6.45) is 2.62. The minimum Gasteiger partial charge on any atom is -0.494 e. The molecule has 0 bridgehead atoms. The van der Waals surface area contributed by atoms with Crippen molar-refractivity contribution in [1.29, 1.82) is 0 Å². The smallest absolute Gasteiger partial charge is 0.224 e. The van der Waals surface area contributed by atoms with E-state index in [9.17, 15) is 9.18 Å². The lowest BCUT2D eigenvalue weighted by atomic mass is 10.1. The Morgan fingerprint density at radius 2 is 2.35 bits per heavy atom. The quantitative estimate of drug-likeness (QED) is 0.607. The van der Waals surface area contributed by atoms with Crippen molar-refractivity contribution in [3.63, 3.8) is 0 Å². The zero-order valence-corrected chi connectivity index (χ0v) is 9.83. The second kappa shape index (κ2) is 6.68. The summed E-state index contributed by atoms with van der Waals surface area (Å²) in [6.45, 7) is 4.11. The average Bonchev–Trinajstić information content (AvgIpc) is 2.29. The Balaban J connectivity index is 2.53. The van der Waals surface area contributed by atoms with E-state index in [0.717, 1.165) is 6.42 Å². The van der Waals surface area contributed by atoms with E-state index in [4.69, 9.17) is 4.74 Å². The number of halogens is 1. The van der Waals surface area contributed by atoms with Crippen molar-refractivity contribution in [1.82, 2.24) is 5.32 Å². The van der Waals surface area contributed by atoms with Gasteiger partial charge in [-0.05, 0) is 24.1 Å². The molecule has 0 saturated carbocycles. The minimum absolute atomic E-state index is 0.128. The summed E-state index contributed by atoms with van der Waals surface area (Å²) in [5.41, 5.74) is 0.624. The van der Waals surface area contributed by atoms with E-state index in [1.165, 1.54) is 19.2 Å². The summed E-state index contributed by atoms with van der Waals surface area (Å²) in [4.78, 5) is 11.5. The first-order valence-corrected chi connectivity index (χ1v) is 5.37. The van der Waals surface area contributed by atoms with Gasteiger partial charge in [-0.2, -0.15) is 0 Å². The third-order valence-electron chi connectivity index (χ3n) is 2.25. The average molecular weight is 237 g/mol. The molecule has 3 nitrogen and oxygen atoms in total. The third-order valence-corrected chi connectivity index (χ3v) is 2.25. The predicted molar refractivity (Wildman–Crippen MR) is 64.5 cm³/mol. The normalized spacial score (nSPS) is 9.76. The molecule has 0 saturated heterocycles. The van der Waals surface area contributed by atoms with Crippen LogP contribution in [0.1, 0.15) is 12.0 Å². The highest BCUT2D eigenvalue weighted by atomic mass is 19.1. The molecule has 1 rings (SSSR count). The summed E-state index contributed by atoms with van der Waals surface area (Å²) in [5, 5.41) is 2.72. The van der Waals surface area contributed by atoms with Crippen molar-refractivity contribution in [2.75, 3.05) is 13.7 Å². The van der Waals surface area contributed by atoms with Crippen LogP contribution in [0.4, 0.5) is 4.39 Å². The molecule has 0 aliphatic rings. The van der Waals surface area contributed by atoms with E-state index in [-0.39, 0.29) is 18.1 Å². The molecule has 0 unspecified atom stereocenters. The van der Waals surface area contributed by atoms with Crippen molar-refractivity contribution >= 4 is 5.91 Å². The second-order valence-corrected chi connectivity index (χ2v) is 3.57. The lowest BCUT2D eigenvalue weighted by Gasteiger charge is -2.06. The van der Waals surface area contributed by atoms with Crippen LogP contribution in [-0.2, 0) is 11.2 Å². The van der Waals surface area contributed by atoms with Crippen LogP contribution < -0.4 is 10.1 Å². The summed E-state index contributed by atoms with van der Waals surface area (Å²) in [6, 6.07) is 4.50. The monoisotopic (exact) mass is 237 g/mol. The molecular weight excluding hydrogens is 221 g/mol. The Labute approximate surface area is 100 Å². The molecule has 1 aromatic carbocycles. The molecular formula is C13H16FNO2. The molecule has 92 valence electrons. The van der Waals surface area contributed by atoms with E-state index in [1.807, 2.05) is 0 Å². The highest BCUT2D eigenvalue weighted by Gasteiger charge is 2.06. The Morgan fingerprint density at radius 1 is 1.59 bits per heavy atom. The maximum Gasteiger partial charge on any atom is 0.224 e. The van der Waals surface area contributed by atoms with Crippen LogP contribution in [0, 0.1) is 5.82 Å². The minimum atomic E-state index is -0.455. The molecule has 0 aliphatic heterocycles. The van der Waals surface area contributed by atoms with E-state index in [0.29, 0.717) is 12.1 Å². The molecule has 1 N–H and O–H groups in total. The molecule has 1 amide bonds. The summed E-state index contributed by atoms with van der Waals surface area (Å²) >= 11 is 0. The number of carbonyl (C=O) groups is 1. The Bertz CT molecular complexity index is 404. The maximum absolute atomic E-state index is 13.3. The molecule has 0 aliphatic carbocycles. The van der Waals surface area contributed by atoms with Gasteiger partial charge in [0.25, 0.3) is 0 Å². The van der Waals surface area contributed by atoms with Gasteiger partial charge >= 0.3 is 0 Å². The van der Waals surface area contributed by atoms with E-state index >= 15 is 0 Å². The van der Waals surface area contributed by atoms with Crippen molar-refractivity contribution in [3.05, 3.63) is 42.2 Å². The second-order valence-electron chi connectivity index (χ2n) is 3.57. The Hall–Kier alpha value is -1.84. The lowest BCUT2D eigenvalue weighted by Crippen LogP contribution is -2.25. The van der Waals surface area contributed by atoms with Gasteiger partial charge in [0, 0.05) is 6.54 Å². The molecule has 0 aromatic heterocycles. The van der Waals surface area contributed by atoms with Crippen LogP contribution >= 0.6 is 0 Å². The van der Waals surface area contributed by atoms with Gasteiger partial charge in [0.05, 0.1) is 13.5 Å². The van der Waals surface area contributed by atoms with Gasteiger partial charge in [0.15, 0.2) is 11.6 Å². The first-order valence-electron chi connectivity index (χ1n) is 5.37. The third kappa shape index (κ3) is 4.26. The number of nitrogens with one attached hydrogen (secondary N) is 1. The number of carbonyl (C=O) groups excluding carboxylic acids is 1. The molecule has 0 spiro atoms. The highest BCUT2D eigenvalue weighted by molar-refractivity contribution is 5.78. The largest absolute Gasteiger partial charge is 0.494 e. The number of hydrogen-bond acceptors (Lipinski definition) is 2. The lowest BCUT2D eigenvalue weighted by molar-refractivity contribution is -0.120. The number of hydrogen-bond donors (Lipinski definition) is 1.